The fourth-order valence-corrected chi connectivity index (χ4v) is 2.18. The number of benzene rings is 1. The first-order valence-corrected chi connectivity index (χ1v) is 6.67. The molecule has 3 rings (SSSR count). The van der Waals surface area contributed by atoms with Crippen molar-refractivity contribution >= 4 is 11.3 Å². The van der Waals surface area contributed by atoms with Crippen molar-refractivity contribution in [3.63, 3.8) is 0 Å². The van der Waals surface area contributed by atoms with Gasteiger partial charge >= 0.3 is 0 Å². The van der Waals surface area contributed by atoms with Gasteiger partial charge in [0.15, 0.2) is 5.65 Å². The van der Waals surface area contributed by atoms with Crippen molar-refractivity contribution in [1.82, 2.24) is 19.9 Å². The summed E-state index contributed by atoms with van der Waals surface area (Å²) >= 11 is 0. The number of aromatic nitrogens is 3. The van der Waals surface area contributed by atoms with Crippen LogP contribution in [0.4, 0.5) is 5.69 Å². The molecule has 0 spiro atoms. The monoisotopic (exact) mass is 267 g/mol. The molecule has 0 unspecified atom stereocenters. The van der Waals surface area contributed by atoms with Gasteiger partial charge in [0.2, 0.25) is 0 Å². The molecule has 0 fully saturated rings. The van der Waals surface area contributed by atoms with Crippen LogP contribution in [0.1, 0.15) is 11.4 Å². The van der Waals surface area contributed by atoms with Crippen LogP contribution in [0.15, 0.2) is 48.7 Å². The lowest BCUT2D eigenvalue weighted by Crippen LogP contribution is -2.18. The first-order valence-electron chi connectivity index (χ1n) is 6.67. The van der Waals surface area contributed by atoms with E-state index >= 15 is 0 Å². The quantitative estimate of drug-likeness (QED) is 0.545. The minimum absolute atomic E-state index is 0.767. The highest BCUT2D eigenvalue weighted by Crippen LogP contribution is 2.09. The van der Waals surface area contributed by atoms with Crippen molar-refractivity contribution in [2.75, 3.05) is 12.3 Å². The Balaban J connectivity index is 1.57. The van der Waals surface area contributed by atoms with E-state index < -0.39 is 0 Å². The second-order valence-corrected chi connectivity index (χ2v) is 4.67. The molecule has 5 nitrogen and oxygen atoms in total. The van der Waals surface area contributed by atoms with Crippen LogP contribution in [-0.4, -0.2) is 21.1 Å². The molecular formula is C15H17N5. The average molecular weight is 267 g/mol. The Kier molecular flexibility index (Phi) is 3.60. The summed E-state index contributed by atoms with van der Waals surface area (Å²) in [6, 6.07) is 13.8. The molecule has 1 aromatic carbocycles. The van der Waals surface area contributed by atoms with Gasteiger partial charge in [-0.1, -0.05) is 24.3 Å². The van der Waals surface area contributed by atoms with Crippen molar-refractivity contribution in [2.45, 2.75) is 13.0 Å². The number of anilines is 1. The molecular weight excluding hydrogens is 250 g/mol. The van der Waals surface area contributed by atoms with Crippen LogP contribution in [0.5, 0.6) is 0 Å². The summed E-state index contributed by atoms with van der Waals surface area (Å²) in [5, 5.41) is 11.7. The van der Waals surface area contributed by atoms with Crippen molar-refractivity contribution < 1.29 is 0 Å². The zero-order valence-corrected chi connectivity index (χ0v) is 11.2. The van der Waals surface area contributed by atoms with Crippen molar-refractivity contribution in [2.24, 2.45) is 0 Å². The van der Waals surface area contributed by atoms with E-state index in [-0.39, 0.29) is 0 Å². The first-order chi connectivity index (χ1) is 9.84. The maximum atomic E-state index is 5.91. The van der Waals surface area contributed by atoms with E-state index in [4.69, 9.17) is 5.73 Å². The smallest absolute Gasteiger partial charge is 0.160 e. The van der Waals surface area contributed by atoms with Gasteiger partial charge in [-0.05, 0) is 23.8 Å². The van der Waals surface area contributed by atoms with Gasteiger partial charge < -0.3 is 11.1 Å². The standard InChI is InChI=1S/C15H17N5/c16-13-6-2-1-5-12(13)11-17-9-8-15-19-18-14-7-3-4-10-20(14)15/h1-7,10,17H,8-9,11,16H2. The molecule has 0 saturated heterocycles. The Morgan fingerprint density at radius 2 is 1.90 bits per heavy atom. The van der Waals surface area contributed by atoms with Crippen LogP contribution in [0.3, 0.4) is 0 Å². The highest BCUT2D eigenvalue weighted by molar-refractivity contribution is 5.46. The molecule has 0 bridgehead atoms. The number of nitrogens with zero attached hydrogens (tertiary/aromatic N) is 3. The fraction of sp³-hybridized carbons (Fsp3) is 0.200. The Morgan fingerprint density at radius 1 is 1.05 bits per heavy atom. The topological polar surface area (TPSA) is 68.2 Å². The molecule has 0 radical (unpaired) electrons. The van der Waals surface area contributed by atoms with Crippen molar-refractivity contribution in [3.8, 4) is 0 Å². The highest BCUT2D eigenvalue weighted by Gasteiger charge is 2.04. The molecule has 0 saturated carbocycles. The number of nitrogens with two attached hydrogens (primary N) is 1. The number of hydrogen-bond acceptors (Lipinski definition) is 4. The summed E-state index contributed by atoms with van der Waals surface area (Å²) in [6.45, 7) is 1.60. The van der Waals surface area contributed by atoms with Gasteiger partial charge in [-0.3, -0.25) is 4.40 Å². The highest BCUT2D eigenvalue weighted by atomic mass is 15.2. The van der Waals surface area contributed by atoms with Crippen molar-refractivity contribution in [3.05, 3.63) is 60.0 Å². The number of para-hydroxylation sites is 1. The van der Waals surface area contributed by atoms with E-state index in [9.17, 15) is 0 Å². The van der Waals surface area contributed by atoms with E-state index in [1.165, 1.54) is 0 Å². The third kappa shape index (κ3) is 2.62. The summed E-state index contributed by atoms with van der Waals surface area (Å²) in [7, 11) is 0. The van der Waals surface area contributed by atoms with Gasteiger partial charge in [-0.15, -0.1) is 10.2 Å². The molecule has 2 heterocycles. The Bertz CT molecular complexity index is 704. The molecule has 2 aromatic heterocycles. The number of fused-ring (bicyclic) bond motifs is 1. The van der Waals surface area contributed by atoms with Gasteiger partial charge in [-0.25, -0.2) is 0 Å². The van der Waals surface area contributed by atoms with Gasteiger partial charge in [0.25, 0.3) is 0 Å². The first kappa shape index (κ1) is 12.6. The summed E-state index contributed by atoms with van der Waals surface area (Å²) in [5.74, 6) is 0.967. The minimum Gasteiger partial charge on any atom is -0.398 e. The maximum absolute atomic E-state index is 5.91. The second kappa shape index (κ2) is 5.71. The summed E-state index contributed by atoms with van der Waals surface area (Å²) in [4.78, 5) is 0. The van der Waals surface area contributed by atoms with E-state index in [2.05, 4.69) is 15.5 Å². The predicted octanol–water partition coefficient (Wildman–Crippen LogP) is 1.64. The Hall–Kier alpha value is -2.40. The zero-order chi connectivity index (χ0) is 13.8. The van der Waals surface area contributed by atoms with Gasteiger partial charge in [0.05, 0.1) is 0 Å². The SMILES string of the molecule is Nc1ccccc1CNCCc1nnc2ccccn12. The molecule has 5 heteroatoms. The number of nitrogens with one attached hydrogen (secondary N) is 1. The minimum atomic E-state index is 0.767. The van der Waals surface area contributed by atoms with Crippen LogP contribution >= 0.6 is 0 Å². The zero-order valence-electron chi connectivity index (χ0n) is 11.2. The molecule has 0 atom stereocenters. The number of nitrogen functional groups attached to an aromatic ring is 1. The lowest BCUT2D eigenvalue weighted by atomic mass is 10.2. The van der Waals surface area contributed by atoms with Gasteiger partial charge in [0.1, 0.15) is 5.82 Å². The van der Waals surface area contributed by atoms with Crippen LogP contribution in [-0.2, 0) is 13.0 Å². The predicted molar refractivity (Wildman–Crippen MR) is 79.3 cm³/mol. The van der Waals surface area contributed by atoms with Crippen LogP contribution in [0.25, 0.3) is 5.65 Å². The van der Waals surface area contributed by atoms with Crippen LogP contribution in [0, 0.1) is 0 Å². The maximum Gasteiger partial charge on any atom is 0.160 e. The van der Waals surface area contributed by atoms with E-state index in [1.807, 2.05) is 53.1 Å². The Labute approximate surface area is 117 Å². The van der Waals surface area contributed by atoms with E-state index in [1.54, 1.807) is 0 Å². The molecule has 3 N–H and O–H groups in total. The normalized spacial score (nSPS) is 11.0. The number of rotatable bonds is 5. The van der Waals surface area contributed by atoms with E-state index in [0.29, 0.717) is 0 Å². The average Bonchev–Trinajstić information content (AvgIpc) is 2.89. The lowest BCUT2D eigenvalue weighted by Gasteiger charge is -2.06. The molecule has 0 aliphatic heterocycles. The van der Waals surface area contributed by atoms with Crippen LogP contribution < -0.4 is 11.1 Å². The molecule has 20 heavy (non-hydrogen) atoms. The van der Waals surface area contributed by atoms with Crippen molar-refractivity contribution in [1.29, 1.82) is 0 Å². The molecule has 0 aliphatic carbocycles. The molecule has 0 aliphatic rings. The van der Waals surface area contributed by atoms with E-state index in [0.717, 1.165) is 42.2 Å². The fourth-order valence-electron chi connectivity index (χ4n) is 2.18. The Morgan fingerprint density at radius 3 is 2.80 bits per heavy atom. The van der Waals surface area contributed by atoms with Gasteiger partial charge in [0, 0.05) is 31.4 Å². The molecule has 102 valence electrons. The second-order valence-electron chi connectivity index (χ2n) is 4.67. The van der Waals surface area contributed by atoms with Gasteiger partial charge in [-0.2, -0.15) is 0 Å². The summed E-state index contributed by atoms with van der Waals surface area (Å²) in [6.07, 6.45) is 2.82. The lowest BCUT2D eigenvalue weighted by molar-refractivity contribution is 0.668. The summed E-state index contributed by atoms with van der Waals surface area (Å²) in [5.41, 5.74) is 8.74. The molecule has 0 amide bonds. The largest absolute Gasteiger partial charge is 0.398 e. The summed E-state index contributed by atoms with van der Waals surface area (Å²) < 4.78 is 2.01. The third-order valence-electron chi connectivity index (χ3n) is 3.28. The number of pyridine rings is 1. The third-order valence-corrected chi connectivity index (χ3v) is 3.28. The number of hydrogen-bond donors (Lipinski definition) is 2. The molecule has 3 aromatic rings. The van der Waals surface area contributed by atoms with Crippen LogP contribution in [0.2, 0.25) is 0 Å².